The van der Waals surface area contributed by atoms with E-state index in [4.69, 9.17) is 18.0 Å². The second-order valence-electron chi connectivity index (χ2n) is 7.37. The molecule has 0 amide bonds. The van der Waals surface area contributed by atoms with Crippen LogP contribution in [0.25, 0.3) is 0 Å². The second-order valence-corrected chi connectivity index (χ2v) is 8.73. The lowest BCUT2D eigenvalue weighted by Gasteiger charge is -2.25. The molecule has 0 N–H and O–H groups in total. The molecule has 4 unspecified atom stereocenters. The molecule has 1 aliphatic carbocycles. The van der Waals surface area contributed by atoms with Crippen LogP contribution in [0.15, 0.2) is 0 Å². The molecule has 2 fully saturated rings. The molecule has 1 saturated carbocycles. The van der Waals surface area contributed by atoms with Crippen molar-refractivity contribution in [2.75, 3.05) is 19.8 Å². The first-order chi connectivity index (χ1) is 11.8. The first kappa shape index (κ1) is 20.4. The van der Waals surface area contributed by atoms with Gasteiger partial charge in [0.1, 0.15) is 0 Å². The van der Waals surface area contributed by atoms with Gasteiger partial charge in [0.05, 0.1) is 12.2 Å². The average molecular weight is 358 g/mol. The van der Waals surface area contributed by atoms with Gasteiger partial charge in [-0.1, -0.05) is 40.0 Å². The standard InChI is InChI=1S/C19H37O4Si/c1-4-7-11-20-24(21-12-8-5-2)22-15-16(6-3)13-17-9-10-18-19(14-17)23-18/h16-19H,4-15H2,1-3H3. The second kappa shape index (κ2) is 11.6. The minimum atomic E-state index is -1.56. The van der Waals surface area contributed by atoms with Gasteiger partial charge in [0.2, 0.25) is 0 Å². The first-order valence-electron chi connectivity index (χ1n) is 10.2. The van der Waals surface area contributed by atoms with Crippen LogP contribution in [0, 0.1) is 11.8 Å². The van der Waals surface area contributed by atoms with Crippen molar-refractivity contribution in [3.8, 4) is 0 Å². The van der Waals surface area contributed by atoms with Crippen LogP contribution in [-0.4, -0.2) is 41.6 Å². The molecule has 24 heavy (non-hydrogen) atoms. The first-order valence-corrected chi connectivity index (χ1v) is 11.4. The Balaban J connectivity index is 1.67. The van der Waals surface area contributed by atoms with Gasteiger partial charge in [0.25, 0.3) is 0 Å². The summed E-state index contributed by atoms with van der Waals surface area (Å²) < 4.78 is 23.5. The molecule has 0 aromatic rings. The molecule has 4 atom stereocenters. The van der Waals surface area contributed by atoms with E-state index in [0.29, 0.717) is 18.1 Å². The number of epoxide rings is 1. The van der Waals surface area contributed by atoms with E-state index in [1.807, 2.05) is 0 Å². The molecule has 0 spiro atoms. The molecule has 0 bridgehead atoms. The minimum absolute atomic E-state index is 0.580. The Bertz CT molecular complexity index is 316. The number of hydrogen-bond donors (Lipinski definition) is 0. The SMILES string of the molecule is CCCCO[Si](OCCCC)OCC(CC)CC1CCC2OC2C1. The molecular weight excluding hydrogens is 320 g/mol. The highest BCUT2D eigenvalue weighted by molar-refractivity contribution is 6.36. The van der Waals surface area contributed by atoms with E-state index in [1.54, 1.807) is 0 Å². The molecule has 0 aromatic carbocycles. The van der Waals surface area contributed by atoms with Gasteiger partial charge in [-0.25, -0.2) is 0 Å². The molecule has 1 heterocycles. The summed E-state index contributed by atoms with van der Waals surface area (Å²) in [5.41, 5.74) is 0. The summed E-state index contributed by atoms with van der Waals surface area (Å²) in [4.78, 5) is 0. The van der Waals surface area contributed by atoms with Crippen molar-refractivity contribution in [2.24, 2.45) is 11.8 Å². The lowest BCUT2D eigenvalue weighted by atomic mass is 9.82. The third-order valence-corrected chi connectivity index (χ3v) is 6.51. The Morgan fingerprint density at radius 3 is 2.25 bits per heavy atom. The Labute approximate surface area is 150 Å². The van der Waals surface area contributed by atoms with Crippen LogP contribution in [-0.2, 0) is 18.0 Å². The smallest absolute Gasteiger partial charge is 0.371 e. The fraction of sp³-hybridized carbons (Fsp3) is 1.00. The molecule has 1 aliphatic heterocycles. The fourth-order valence-corrected chi connectivity index (χ4v) is 4.68. The van der Waals surface area contributed by atoms with Crippen molar-refractivity contribution < 1.29 is 18.0 Å². The Morgan fingerprint density at radius 1 is 0.958 bits per heavy atom. The predicted octanol–water partition coefficient (Wildman–Crippen LogP) is 4.61. The minimum Gasteiger partial charge on any atom is -0.371 e. The molecule has 5 heteroatoms. The normalized spacial score (nSPS) is 27.2. The van der Waals surface area contributed by atoms with Gasteiger partial charge < -0.3 is 18.0 Å². The van der Waals surface area contributed by atoms with E-state index in [0.717, 1.165) is 51.4 Å². The van der Waals surface area contributed by atoms with Crippen LogP contribution in [0.3, 0.4) is 0 Å². The molecule has 1 saturated heterocycles. The summed E-state index contributed by atoms with van der Waals surface area (Å²) in [6.45, 7) is 8.94. The molecule has 2 rings (SSSR count). The van der Waals surface area contributed by atoms with Crippen LogP contribution in [0.5, 0.6) is 0 Å². The molecule has 2 aliphatic rings. The maximum absolute atomic E-state index is 6.09. The van der Waals surface area contributed by atoms with Crippen LogP contribution >= 0.6 is 0 Å². The maximum Gasteiger partial charge on any atom is 0.577 e. The van der Waals surface area contributed by atoms with Crippen molar-refractivity contribution in [2.45, 2.75) is 90.8 Å². The highest BCUT2D eigenvalue weighted by Crippen LogP contribution is 2.41. The topological polar surface area (TPSA) is 40.2 Å². The monoisotopic (exact) mass is 357 g/mol. The summed E-state index contributed by atoms with van der Waals surface area (Å²) >= 11 is 0. The van der Waals surface area contributed by atoms with Gasteiger partial charge in [0.15, 0.2) is 0 Å². The molecule has 0 aromatic heterocycles. The van der Waals surface area contributed by atoms with Crippen LogP contribution in [0.4, 0.5) is 0 Å². The van der Waals surface area contributed by atoms with Crippen molar-refractivity contribution in [1.82, 2.24) is 0 Å². The van der Waals surface area contributed by atoms with Gasteiger partial charge in [-0.05, 0) is 50.4 Å². The van der Waals surface area contributed by atoms with E-state index in [1.165, 1.54) is 32.1 Å². The zero-order valence-electron chi connectivity index (χ0n) is 15.9. The highest BCUT2D eigenvalue weighted by atomic mass is 28.3. The summed E-state index contributed by atoms with van der Waals surface area (Å²) in [6.07, 6.45) is 11.9. The zero-order valence-corrected chi connectivity index (χ0v) is 16.9. The van der Waals surface area contributed by atoms with Gasteiger partial charge in [-0.3, -0.25) is 0 Å². The Kier molecular flexibility index (Phi) is 9.87. The fourth-order valence-electron chi connectivity index (χ4n) is 3.44. The van der Waals surface area contributed by atoms with Crippen molar-refractivity contribution in [3.63, 3.8) is 0 Å². The lowest BCUT2D eigenvalue weighted by Crippen LogP contribution is -2.31. The van der Waals surface area contributed by atoms with E-state index in [-0.39, 0.29) is 0 Å². The summed E-state index contributed by atoms with van der Waals surface area (Å²) in [6, 6.07) is 0. The third-order valence-electron chi connectivity index (χ3n) is 5.23. The molecule has 1 radical (unpaired) electrons. The zero-order chi connectivity index (χ0) is 17.2. The number of hydrogen-bond acceptors (Lipinski definition) is 4. The van der Waals surface area contributed by atoms with E-state index >= 15 is 0 Å². The number of fused-ring (bicyclic) bond motifs is 1. The molecular formula is C19H37O4Si. The third kappa shape index (κ3) is 7.52. The Hall–Kier alpha value is 0.0569. The Morgan fingerprint density at radius 2 is 1.67 bits per heavy atom. The van der Waals surface area contributed by atoms with Crippen LogP contribution in [0.2, 0.25) is 0 Å². The van der Waals surface area contributed by atoms with E-state index in [9.17, 15) is 0 Å². The number of rotatable bonds is 14. The molecule has 4 nitrogen and oxygen atoms in total. The molecule has 141 valence electrons. The van der Waals surface area contributed by atoms with E-state index < -0.39 is 9.53 Å². The number of unbranched alkanes of at least 4 members (excludes halogenated alkanes) is 2. The highest BCUT2D eigenvalue weighted by Gasteiger charge is 2.44. The van der Waals surface area contributed by atoms with Crippen LogP contribution < -0.4 is 0 Å². The lowest BCUT2D eigenvalue weighted by molar-refractivity contribution is 0.0721. The van der Waals surface area contributed by atoms with Gasteiger partial charge in [0, 0.05) is 19.8 Å². The quantitative estimate of drug-likeness (QED) is 0.259. The van der Waals surface area contributed by atoms with Crippen LogP contribution in [0.1, 0.15) is 78.6 Å². The predicted molar refractivity (Wildman–Crippen MR) is 97.8 cm³/mol. The van der Waals surface area contributed by atoms with Crippen molar-refractivity contribution >= 4 is 9.53 Å². The summed E-state index contributed by atoms with van der Waals surface area (Å²) in [5, 5.41) is 0. The maximum atomic E-state index is 6.09. The largest absolute Gasteiger partial charge is 0.577 e. The summed E-state index contributed by atoms with van der Waals surface area (Å²) in [7, 11) is -1.56. The number of ether oxygens (including phenoxy) is 1. The van der Waals surface area contributed by atoms with Crippen molar-refractivity contribution in [1.29, 1.82) is 0 Å². The van der Waals surface area contributed by atoms with Gasteiger partial charge >= 0.3 is 9.53 Å². The van der Waals surface area contributed by atoms with Gasteiger partial charge in [-0.2, -0.15) is 0 Å². The van der Waals surface area contributed by atoms with Gasteiger partial charge in [-0.15, -0.1) is 0 Å². The summed E-state index contributed by atoms with van der Waals surface area (Å²) in [5.74, 6) is 1.44. The van der Waals surface area contributed by atoms with Crippen molar-refractivity contribution in [3.05, 3.63) is 0 Å². The van der Waals surface area contributed by atoms with E-state index in [2.05, 4.69) is 20.8 Å². The average Bonchev–Trinajstić information content (AvgIpc) is 3.37.